The van der Waals surface area contributed by atoms with Crippen LogP contribution >= 0.6 is 0 Å². The third kappa shape index (κ3) is 5.73. The van der Waals surface area contributed by atoms with Crippen LogP contribution in [-0.2, 0) is 11.2 Å². The van der Waals surface area contributed by atoms with Crippen molar-refractivity contribution in [3.8, 4) is 0 Å². The summed E-state index contributed by atoms with van der Waals surface area (Å²) in [7, 11) is 0. The molecule has 0 aliphatic carbocycles. The van der Waals surface area contributed by atoms with Crippen molar-refractivity contribution in [2.75, 3.05) is 26.2 Å². The number of rotatable bonds is 7. The summed E-state index contributed by atoms with van der Waals surface area (Å²) in [5, 5.41) is 8.81. The molecule has 0 radical (unpaired) electrons. The van der Waals surface area contributed by atoms with Crippen LogP contribution < -0.4 is 0 Å². The molecule has 3 heterocycles. The molecule has 168 valence electrons. The number of benzene rings is 1. The van der Waals surface area contributed by atoms with Gasteiger partial charge in [-0.1, -0.05) is 44.2 Å². The molecule has 1 atom stereocenters. The van der Waals surface area contributed by atoms with Gasteiger partial charge in [0, 0.05) is 25.4 Å². The average Bonchev–Trinajstić information content (AvgIpc) is 3.28. The van der Waals surface area contributed by atoms with E-state index in [-0.39, 0.29) is 11.9 Å². The molecule has 0 bridgehead atoms. The highest BCUT2D eigenvalue weighted by molar-refractivity contribution is 5.76. The number of piperidine rings is 2. The van der Waals surface area contributed by atoms with E-state index >= 15 is 0 Å². The first kappa shape index (κ1) is 22.0. The summed E-state index contributed by atoms with van der Waals surface area (Å²) in [6.45, 7) is 8.21. The third-order valence-corrected chi connectivity index (χ3v) is 6.64. The summed E-state index contributed by atoms with van der Waals surface area (Å²) in [6, 6.07) is 10.6. The maximum absolute atomic E-state index is 12.7. The Kier molecular flexibility index (Phi) is 7.38. The van der Waals surface area contributed by atoms with E-state index in [1.54, 1.807) is 0 Å². The van der Waals surface area contributed by atoms with Crippen molar-refractivity contribution in [1.29, 1.82) is 0 Å². The fourth-order valence-corrected chi connectivity index (χ4v) is 4.83. The summed E-state index contributed by atoms with van der Waals surface area (Å²) < 4.78 is 6.18. The van der Waals surface area contributed by atoms with Gasteiger partial charge in [0.2, 0.25) is 17.7 Å². The predicted molar refractivity (Wildman–Crippen MR) is 121 cm³/mol. The minimum Gasteiger partial charge on any atom is -0.423 e. The Morgan fingerprint density at radius 3 is 2.52 bits per heavy atom. The molecule has 6 nitrogen and oxygen atoms in total. The number of likely N-dealkylation sites (tertiary alicyclic amines) is 2. The molecule has 2 saturated heterocycles. The van der Waals surface area contributed by atoms with Gasteiger partial charge in [-0.25, -0.2) is 0 Å². The van der Waals surface area contributed by atoms with Gasteiger partial charge in [-0.15, -0.1) is 10.2 Å². The van der Waals surface area contributed by atoms with Gasteiger partial charge in [-0.2, -0.15) is 0 Å². The average molecular weight is 425 g/mol. The zero-order valence-electron chi connectivity index (χ0n) is 19.0. The second-order valence-corrected chi connectivity index (χ2v) is 9.53. The molecule has 0 N–H and O–H groups in total. The van der Waals surface area contributed by atoms with Crippen molar-refractivity contribution in [1.82, 2.24) is 20.0 Å². The molecule has 2 aromatic rings. The van der Waals surface area contributed by atoms with Gasteiger partial charge in [0.25, 0.3) is 0 Å². The zero-order chi connectivity index (χ0) is 21.6. The summed E-state index contributed by atoms with van der Waals surface area (Å²) in [6.07, 6.45) is 6.87. The second kappa shape index (κ2) is 10.4. The Morgan fingerprint density at radius 2 is 1.77 bits per heavy atom. The van der Waals surface area contributed by atoms with Crippen LogP contribution in [0.25, 0.3) is 0 Å². The quantitative estimate of drug-likeness (QED) is 0.650. The van der Waals surface area contributed by atoms with Crippen molar-refractivity contribution < 1.29 is 9.21 Å². The van der Waals surface area contributed by atoms with Gasteiger partial charge in [0.05, 0.1) is 0 Å². The van der Waals surface area contributed by atoms with Crippen LogP contribution in [0.15, 0.2) is 34.7 Å². The van der Waals surface area contributed by atoms with E-state index in [0.29, 0.717) is 24.1 Å². The molecule has 6 heteroatoms. The first-order valence-electron chi connectivity index (χ1n) is 12.0. The van der Waals surface area contributed by atoms with Gasteiger partial charge in [-0.3, -0.25) is 4.79 Å². The number of amides is 1. The number of carbonyl (C=O) groups excluding carboxylic acids is 1. The van der Waals surface area contributed by atoms with Crippen molar-refractivity contribution in [2.24, 2.45) is 5.92 Å². The van der Waals surface area contributed by atoms with Crippen LogP contribution in [0.2, 0.25) is 0 Å². The fraction of sp³-hybridized carbons (Fsp3) is 0.640. The van der Waals surface area contributed by atoms with E-state index < -0.39 is 0 Å². The molecular formula is C25H36N4O2. The largest absolute Gasteiger partial charge is 0.423 e. The number of aromatic nitrogens is 2. The van der Waals surface area contributed by atoms with Crippen LogP contribution in [0.5, 0.6) is 0 Å². The van der Waals surface area contributed by atoms with E-state index in [0.717, 1.165) is 70.6 Å². The molecule has 2 fully saturated rings. The third-order valence-electron chi connectivity index (χ3n) is 6.64. The van der Waals surface area contributed by atoms with Crippen molar-refractivity contribution in [3.63, 3.8) is 0 Å². The number of carbonyl (C=O) groups is 1. The maximum Gasteiger partial charge on any atom is 0.238 e. The second-order valence-electron chi connectivity index (χ2n) is 9.53. The Hall–Kier alpha value is -2.21. The van der Waals surface area contributed by atoms with E-state index in [4.69, 9.17) is 4.42 Å². The van der Waals surface area contributed by atoms with E-state index in [9.17, 15) is 4.79 Å². The van der Waals surface area contributed by atoms with Crippen molar-refractivity contribution >= 4 is 5.91 Å². The highest BCUT2D eigenvalue weighted by atomic mass is 16.4. The predicted octanol–water partition coefficient (Wildman–Crippen LogP) is 4.59. The molecule has 1 aromatic carbocycles. The van der Waals surface area contributed by atoms with Crippen LogP contribution in [0.1, 0.15) is 81.7 Å². The van der Waals surface area contributed by atoms with Gasteiger partial charge in [-0.05, 0) is 63.1 Å². The topological polar surface area (TPSA) is 62.5 Å². The molecular weight excluding hydrogens is 388 g/mol. The van der Waals surface area contributed by atoms with Crippen LogP contribution in [0.4, 0.5) is 0 Å². The van der Waals surface area contributed by atoms with Gasteiger partial charge < -0.3 is 14.2 Å². The molecule has 2 aliphatic heterocycles. The molecule has 0 saturated carbocycles. The van der Waals surface area contributed by atoms with Crippen LogP contribution in [0, 0.1) is 5.92 Å². The lowest BCUT2D eigenvalue weighted by atomic mass is 9.96. The summed E-state index contributed by atoms with van der Waals surface area (Å²) >= 11 is 0. The maximum atomic E-state index is 12.7. The standard InChI is InChI=1S/C25H36N4O2/c1-19(2)18-23(30)29-14-7-6-10-22(29)25-27-26-24(31-25)21-12-16-28(17-13-21)15-11-20-8-4-3-5-9-20/h3-5,8-9,19,21-22H,6-7,10-18H2,1-2H3/t22-/m1/s1. The molecule has 2 aliphatic rings. The van der Waals surface area contributed by atoms with Gasteiger partial charge in [0.1, 0.15) is 6.04 Å². The minimum atomic E-state index is -0.0489. The normalized spacial score (nSPS) is 21.0. The monoisotopic (exact) mass is 424 g/mol. The van der Waals surface area contributed by atoms with Gasteiger partial charge in [0.15, 0.2) is 0 Å². The summed E-state index contributed by atoms with van der Waals surface area (Å²) in [5.41, 5.74) is 1.40. The van der Waals surface area contributed by atoms with E-state index in [1.807, 2.05) is 4.90 Å². The highest BCUT2D eigenvalue weighted by Gasteiger charge is 2.33. The number of hydrogen-bond donors (Lipinski definition) is 0. The molecule has 0 unspecified atom stereocenters. The first-order chi connectivity index (χ1) is 15.1. The lowest BCUT2D eigenvalue weighted by Gasteiger charge is -2.34. The van der Waals surface area contributed by atoms with E-state index in [1.165, 1.54) is 5.56 Å². The fourth-order valence-electron chi connectivity index (χ4n) is 4.83. The minimum absolute atomic E-state index is 0.0489. The Morgan fingerprint density at radius 1 is 1.03 bits per heavy atom. The molecule has 4 rings (SSSR count). The lowest BCUT2D eigenvalue weighted by molar-refractivity contribution is -0.136. The lowest BCUT2D eigenvalue weighted by Crippen LogP contribution is -2.39. The zero-order valence-corrected chi connectivity index (χ0v) is 19.0. The van der Waals surface area contributed by atoms with Crippen molar-refractivity contribution in [3.05, 3.63) is 47.7 Å². The van der Waals surface area contributed by atoms with Crippen molar-refractivity contribution in [2.45, 2.75) is 70.8 Å². The van der Waals surface area contributed by atoms with Crippen LogP contribution in [-0.4, -0.2) is 52.1 Å². The molecule has 0 spiro atoms. The molecule has 31 heavy (non-hydrogen) atoms. The summed E-state index contributed by atoms with van der Waals surface area (Å²) in [4.78, 5) is 17.2. The summed E-state index contributed by atoms with van der Waals surface area (Å²) in [5.74, 6) is 2.31. The molecule has 1 aromatic heterocycles. The van der Waals surface area contributed by atoms with Gasteiger partial charge >= 0.3 is 0 Å². The highest BCUT2D eigenvalue weighted by Crippen LogP contribution is 2.34. The van der Waals surface area contributed by atoms with E-state index in [2.05, 4.69) is 59.3 Å². The molecule has 1 amide bonds. The first-order valence-corrected chi connectivity index (χ1v) is 12.0. The smallest absolute Gasteiger partial charge is 0.238 e. The Bertz CT molecular complexity index is 827. The number of nitrogens with zero attached hydrogens (tertiary/aromatic N) is 4. The van der Waals surface area contributed by atoms with Crippen LogP contribution in [0.3, 0.4) is 0 Å². The Labute approximate surface area is 186 Å². The SMILES string of the molecule is CC(C)CC(=O)N1CCCC[C@@H]1c1nnc(C2CCN(CCc3ccccc3)CC2)o1. The number of hydrogen-bond acceptors (Lipinski definition) is 5. The Balaban J connectivity index is 1.32.